The fourth-order valence-electron chi connectivity index (χ4n) is 5.77. The lowest BCUT2D eigenvalue weighted by Crippen LogP contribution is -2.46. The van der Waals surface area contributed by atoms with Crippen molar-refractivity contribution in [2.45, 2.75) is 70.4 Å². The number of nitrogens with zero attached hydrogens (tertiary/aromatic N) is 7. The molecule has 0 aliphatic heterocycles. The molecule has 2 saturated carbocycles. The van der Waals surface area contributed by atoms with Crippen LogP contribution in [0, 0.1) is 6.92 Å². The lowest BCUT2D eigenvalue weighted by atomic mass is 9.90. The summed E-state index contributed by atoms with van der Waals surface area (Å²) in [7, 11) is 1.86. The maximum absolute atomic E-state index is 13.2. The van der Waals surface area contributed by atoms with Gasteiger partial charge in [-0.1, -0.05) is 19.3 Å². The smallest absolute Gasteiger partial charge is 0.294 e. The molecule has 2 amide bonds. The molecule has 0 bridgehead atoms. The maximum Gasteiger partial charge on any atom is 0.294 e. The number of hydrogen-bond donors (Lipinski definition) is 2. The number of aromatic nitrogens is 6. The summed E-state index contributed by atoms with van der Waals surface area (Å²) >= 11 is 0. The largest absolute Gasteiger partial charge is 0.325 e. The van der Waals surface area contributed by atoms with Crippen LogP contribution in [0.2, 0.25) is 0 Å². The van der Waals surface area contributed by atoms with Crippen LogP contribution in [0.5, 0.6) is 0 Å². The summed E-state index contributed by atoms with van der Waals surface area (Å²) in [6.07, 6.45) is 16.4. The molecule has 40 heavy (non-hydrogen) atoms. The molecule has 2 N–H and O–H groups in total. The minimum Gasteiger partial charge on any atom is -0.325 e. The average molecular weight is 542 g/mol. The van der Waals surface area contributed by atoms with Gasteiger partial charge in [-0.2, -0.15) is 5.10 Å². The van der Waals surface area contributed by atoms with Crippen LogP contribution in [0.15, 0.2) is 43.0 Å². The second-order valence-electron chi connectivity index (χ2n) is 10.9. The molecule has 4 heterocycles. The summed E-state index contributed by atoms with van der Waals surface area (Å²) in [5.41, 5.74) is 4.13. The highest BCUT2D eigenvalue weighted by Crippen LogP contribution is 2.32. The zero-order valence-electron chi connectivity index (χ0n) is 23.0. The van der Waals surface area contributed by atoms with Crippen LogP contribution < -0.4 is 10.6 Å². The van der Waals surface area contributed by atoms with Crippen LogP contribution in [-0.2, 0) is 11.8 Å². The standard InChI is InChI=1S/C29H35N9O2/c1-19-25(33-29(40)28-35-34-26-14-20(10-12-38(26)28)21-16-31-36(2)18-21)15-22(17-30-19)32-27(39)11-13-37(24-8-5-9-24)23-6-3-4-7-23/h10,12,14-18,23-24H,3-9,11,13H2,1-2H3,(H,32,39)(H,33,40). The van der Waals surface area contributed by atoms with Gasteiger partial charge in [0.05, 0.1) is 29.5 Å². The van der Waals surface area contributed by atoms with Crippen molar-refractivity contribution in [3.63, 3.8) is 0 Å². The quantitative estimate of drug-likeness (QED) is 0.325. The van der Waals surface area contributed by atoms with Crippen molar-refractivity contribution in [3.8, 4) is 11.1 Å². The van der Waals surface area contributed by atoms with Gasteiger partial charge in [-0.15, -0.1) is 10.2 Å². The first-order valence-electron chi connectivity index (χ1n) is 14.1. The molecule has 2 aliphatic rings. The van der Waals surface area contributed by atoms with E-state index in [0.717, 1.165) is 17.7 Å². The molecule has 2 fully saturated rings. The van der Waals surface area contributed by atoms with Gasteiger partial charge in [-0.05, 0) is 56.4 Å². The van der Waals surface area contributed by atoms with Crippen molar-refractivity contribution in [1.82, 2.24) is 34.3 Å². The Kier molecular flexibility index (Phi) is 7.29. The van der Waals surface area contributed by atoms with E-state index in [1.165, 1.54) is 44.9 Å². The molecule has 208 valence electrons. The monoisotopic (exact) mass is 541 g/mol. The molecular formula is C29H35N9O2. The molecule has 0 spiro atoms. The summed E-state index contributed by atoms with van der Waals surface area (Å²) in [5, 5.41) is 18.4. The summed E-state index contributed by atoms with van der Waals surface area (Å²) in [6, 6.07) is 6.75. The third-order valence-electron chi connectivity index (χ3n) is 8.20. The van der Waals surface area contributed by atoms with Crippen molar-refractivity contribution in [3.05, 3.63) is 54.5 Å². The minimum atomic E-state index is -0.414. The Morgan fingerprint density at radius 1 is 1.00 bits per heavy atom. The molecule has 11 heteroatoms. The van der Waals surface area contributed by atoms with Gasteiger partial charge in [0.25, 0.3) is 5.91 Å². The Labute approximate surface area is 233 Å². The van der Waals surface area contributed by atoms with Crippen LogP contribution in [0.3, 0.4) is 0 Å². The van der Waals surface area contributed by atoms with Crippen LogP contribution in [0.25, 0.3) is 16.8 Å². The van der Waals surface area contributed by atoms with E-state index in [1.807, 2.05) is 25.4 Å². The van der Waals surface area contributed by atoms with E-state index in [-0.39, 0.29) is 11.7 Å². The first kappa shape index (κ1) is 26.1. The molecule has 4 aromatic rings. The Bertz CT molecular complexity index is 1530. The normalized spacial score (nSPS) is 16.0. The average Bonchev–Trinajstić information content (AvgIpc) is 3.68. The van der Waals surface area contributed by atoms with E-state index in [0.29, 0.717) is 41.2 Å². The molecule has 0 radical (unpaired) electrons. The third kappa shape index (κ3) is 5.46. The molecule has 0 atom stereocenters. The lowest BCUT2D eigenvalue weighted by Gasteiger charge is -2.41. The number of rotatable bonds is 9. The van der Waals surface area contributed by atoms with Gasteiger partial charge in [-0.3, -0.25) is 28.6 Å². The first-order valence-corrected chi connectivity index (χ1v) is 14.1. The highest BCUT2D eigenvalue weighted by molar-refractivity contribution is 6.03. The fourth-order valence-corrected chi connectivity index (χ4v) is 5.77. The molecule has 11 nitrogen and oxygen atoms in total. The van der Waals surface area contributed by atoms with Gasteiger partial charge in [0.2, 0.25) is 11.7 Å². The number of anilines is 2. The van der Waals surface area contributed by atoms with E-state index in [4.69, 9.17) is 0 Å². The number of hydrogen-bond acceptors (Lipinski definition) is 7. The summed E-state index contributed by atoms with van der Waals surface area (Å²) < 4.78 is 3.37. The van der Waals surface area contributed by atoms with E-state index < -0.39 is 5.91 Å². The number of pyridine rings is 2. The number of nitrogens with one attached hydrogen (secondary N) is 2. The summed E-state index contributed by atoms with van der Waals surface area (Å²) in [6.45, 7) is 2.59. The predicted octanol–water partition coefficient (Wildman–Crippen LogP) is 4.21. The Hall–Kier alpha value is -4.12. The molecule has 0 saturated heterocycles. The second kappa shape index (κ2) is 11.2. The summed E-state index contributed by atoms with van der Waals surface area (Å²) in [5.74, 6) is -0.301. The third-order valence-corrected chi connectivity index (χ3v) is 8.20. The number of carbonyl (C=O) groups excluding carboxylic acids is 2. The van der Waals surface area contributed by atoms with E-state index in [9.17, 15) is 9.59 Å². The lowest BCUT2D eigenvalue weighted by molar-refractivity contribution is -0.116. The van der Waals surface area contributed by atoms with Crippen molar-refractivity contribution < 1.29 is 9.59 Å². The second-order valence-corrected chi connectivity index (χ2v) is 10.9. The van der Waals surface area contributed by atoms with Crippen molar-refractivity contribution in [2.24, 2.45) is 7.05 Å². The molecule has 0 aromatic carbocycles. The summed E-state index contributed by atoms with van der Waals surface area (Å²) in [4.78, 5) is 33.0. The van der Waals surface area contributed by atoms with Crippen LogP contribution in [-0.4, -0.2) is 64.7 Å². The molecule has 6 rings (SSSR count). The van der Waals surface area contributed by atoms with Crippen LogP contribution >= 0.6 is 0 Å². The van der Waals surface area contributed by atoms with Gasteiger partial charge < -0.3 is 10.6 Å². The molecule has 4 aromatic heterocycles. The Balaban J connectivity index is 1.10. The van der Waals surface area contributed by atoms with Crippen molar-refractivity contribution >= 4 is 28.8 Å². The highest BCUT2D eigenvalue weighted by Gasteiger charge is 2.32. The van der Waals surface area contributed by atoms with E-state index in [1.54, 1.807) is 40.7 Å². The minimum absolute atomic E-state index is 0.0434. The topological polar surface area (TPSA) is 122 Å². The molecule has 0 unspecified atom stereocenters. The number of aryl methyl sites for hydroxylation is 2. The van der Waals surface area contributed by atoms with Gasteiger partial charge in [-0.25, -0.2) is 0 Å². The zero-order chi connectivity index (χ0) is 27.6. The van der Waals surface area contributed by atoms with Gasteiger partial charge in [0.15, 0.2) is 5.65 Å². The molecular weight excluding hydrogens is 506 g/mol. The number of fused-ring (bicyclic) bond motifs is 1. The van der Waals surface area contributed by atoms with E-state index >= 15 is 0 Å². The fraction of sp³-hybridized carbons (Fsp3) is 0.448. The maximum atomic E-state index is 13.2. The SMILES string of the molecule is Cc1ncc(NC(=O)CCN(C2CCCC2)C2CCC2)cc1NC(=O)c1nnc2cc(-c3cnn(C)c3)ccn12. The number of carbonyl (C=O) groups is 2. The van der Waals surface area contributed by atoms with Gasteiger partial charge in [0.1, 0.15) is 0 Å². The Morgan fingerprint density at radius 2 is 1.77 bits per heavy atom. The van der Waals surface area contributed by atoms with Gasteiger partial charge >= 0.3 is 0 Å². The number of amides is 2. The van der Waals surface area contributed by atoms with Crippen LogP contribution in [0.4, 0.5) is 11.4 Å². The predicted molar refractivity (Wildman–Crippen MR) is 152 cm³/mol. The zero-order valence-corrected chi connectivity index (χ0v) is 23.0. The highest BCUT2D eigenvalue weighted by atomic mass is 16.2. The Morgan fingerprint density at radius 3 is 2.48 bits per heavy atom. The van der Waals surface area contributed by atoms with Crippen LogP contribution in [0.1, 0.15) is 67.7 Å². The van der Waals surface area contributed by atoms with Gasteiger partial charge in [0, 0.05) is 50.1 Å². The van der Waals surface area contributed by atoms with Crippen molar-refractivity contribution in [2.75, 3.05) is 17.2 Å². The molecule has 2 aliphatic carbocycles. The van der Waals surface area contributed by atoms with Crippen molar-refractivity contribution in [1.29, 1.82) is 0 Å². The first-order chi connectivity index (χ1) is 19.4. The van der Waals surface area contributed by atoms with E-state index in [2.05, 4.69) is 35.8 Å².